The van der Waals surface area contributed by atoms with E-state index in [1.54, 1.807) is 24.3 Å². The number of carboxylic acid groups (broad SMARTS) is 1. The monoisotopic (exact) mass is 368 g/mol. The molecule has 0 saturated carbocycles. The molecule has 0 fully saturated rings. The molecule has 0 aromatic heterocycles. The molecule has 0 aliphatic heterocycles. The number of rotatable bonds is 5. The molecular formula is C16H14Cl2N2O4. The van der Waals surface area contributed by atoms with Crippen LogP contribution in [0.4, 0.5) is 10.5 Å². The third-order valence-electron chi connectivity index (χ3n) is 3.16. The van der Waals surface area contributed by atoms with Crippen LogP contribution in [0.3, 0.4) is 0 Å². The number of carbonyl (C=O) groups is 2. The summed E-state index contributed by atoms with van der Waals surface area (Å²) in [7, 11) is 0. The Labute approximate surface area is 148 Å². The molecule has 2 aromatic rings. The van der Waals surface area contributed by atoms with Gasteiger partial charge in [0.25, 0.3) is 0 Å². The van der Waals surface area contributed by atoms with Crippen molar-refractivity contribution in [3.8, 4) is 5.75 Å². The minimum Gasteiger partial charge on any atom is -0.504 e. The highest BCUT2D eigenvalue weighted by atomic mass is 35.5. The van der Waals surface area contributed by atoms with Crippen molar-refractivity contribution >= 4 is 40.9 Å². The Balaban J connectivity index is 2.07. The van der Waals surface area contributed by atoms with Crippen LogP contribution in [-0.4, -0.2) is 28.3 Å². The number of amides is 2. The summed E-state index contributed by atoms with van der Waals surface area (Å²) in [6.45, 7) is 0. The average molecular weight is 369 g/mol. The van der Waals surface area contributed by atoms with E-state index in [-0.39, 0.29) is 27.9 Å². The number of nitrogens with one attached hydrogen (secondary N) is 2. The molecule has 1 atom stereocenters. The molecule has 1 unspecified atom stereocenters. The lowest BCUT2D eigenvalue weighted by molar-refractivity contribution is -0.139. The van der Waals surface area contributed by atoms with Crippen LogP contribution in [0.25, 0.3) is 0 Å². The molecule has 8 heteroatoms. The smallest absolute Gasteiger partial charge is 0.326 e. The number of hydrogen-bond acceptors (Lipinski definition) is 3. The van der Waals surface area contributed by atoms with Crippen LogP contribution >= 0.6 is 23.2 Å². The second-order valence-electron chi connectivity index (χ2n) is 4.96. The summed E-state index contributed by atoms with van der Waals surface area (Å²) >= 11 is 11.6. The Morgan fingerprint density at radius 1 is 1.12 bits per heavy atom. The topological polar surface area (TPSA) is 98.7 Å². The van der Waals surface area contributed by atoms with Gasteiger partial charge >= 0.3 is 12.0 Å². The zero-order valence-corrected chi connectivity index (χ0v) is 13.8. The predicted molar refractivity (Wildman–Crippen MR) is 91.9 cm³/mol. The Morgan fingerprint density at radius 3 is 2.42 bits per heavy atom. The van der Waals surface area contributed by atoms with E-state index in [4.69, 9.17) is 23.2 Å². The van der Waals surface area contributed by atoms with Crippen molar-refractivity contribution < 1.29 is 19.8 Å². The quantitative estimate of drug-likeness (QED) is 0.606. The number of carboxylic acids is 1. The molecular weight excluding hydrogens is 355 g/mol. The van der Waals surface area contributed by atoms with E-state index in [0.29, 0.717) is 0 Å². The molecule has 0 spiro atoms. The van der Waals surface area contributed by atoms with Crippen molar-refractivity contribution in [2.24, 2.45) is 0 Å². The predicted octanol–water partition coefficient (Wildman–Crippen LogP) is 3.52. The second-order valence-corrected chi connectivity index (χ2v) is 5.81. The minimum atomic E-state index is -1.18. The third-order valence-corrected chi connectivity index (χ3v) is 3.67. The number of urea groups is 1. The molecule has 0 bridgehead atoms. The maximum absolute atomic E-state index is 12.0. The fourth-order valence-corrected chi connectivity index (χ4v) is 2.52. The van der Waals surface area contributed by atoms with E-state index in [1.165, 1.54) is 12.1 Å². The molecule has 4 N–H and O–H groups in total. The molecule has 6 nitrogen and oxygen atoms in total. The zero-order valence-electron chi connectivity index (χ0n) is 12.3. The van der Waals surface area contributed by atoms with Crippen LogP contribution in [0.5, 0.6) is 5.75 Å². The molecule has 126 valence electrons. The summed E-state index contributed by atoms with van der Waals surface area (Å²) < 4.78 is 0. The highest BCUT2D eigenvalue weighted by molar-refractivity contribution is 6.36. The largest absolute Gasteiger partial charge is 0.504 e. The molecule has 0 saturated heterocycles. The number of halogens is 2. The molecule has 24 heavy (non-hydrogen) atoms. The van der Waals surface area contributed by atoms with Gasteiger partial charge in [-0.2, -0.15) is 0 Å². The van der Waals surface area contributed by atoms with Crippen LogP contribution in [0.2, 0.25) is 10.0 Å². The Hall–Kier alpha value is -2.44. The van der Waals surface area contributed by atoms with Gasteiger partial charge < -0.3 is 20.8 Å². The van der Waals surface area contributed by atoms with E-state index < -0.39 is 18.0 Å². The van der Waals surface area contributed by atoms with Gasteiger partial charge in [-0.15, -0.1) is 0 Å². The van der Waals surface area contributed by atoms with Crippen molar-refractivity contribution in [2.75, 3.05) is 5.32 Å². The lowest BCUT2D eigenvalue weighted by atomic mass is 10.1. The summed E-state index contributed by atoms with van der Waals surface area (Å²) in [4.78, 5) is 23.3. The number of anilines is 1. The molecule has 2 aromatic carbocycles. The van der Waals surface area contributed by atoms with Crippen LogP contribution in [0.15, 0.2) is 42.5 Å². The number of hydrogen-bond donors (Lipinski definition) is 4. The molecule has 0 heterocycles. The van der Waals surface area contributed by atoms with Crippen molar-refractivity contribution in [2.45, 2.75) is 12.5 Å². The van der Waals surface area contributed by atoms with Gasteiger partial charge in [-0.1, -0.05) is 53.5 Å². The van der Waals surface area contributed by atoms with Gasteiger partial charge in [-0.3, -0.25) is 0 Å². The van der Waals surface area contributed by atoms with E-state index >= 15 is 0 Å². The fraction of sp³-hybridized carbons (Fsp3) is 0.125. The van der Waals surface area contributed by atoms with E-state index in [2.05, 4.69) is 10.6 Å². The van der Waals surface area contributed by atoms with Crippen molar-refractivity contribution in [1.82, 2.24) is 5.32 Å². The van der Waals surface area contributed by atoms with Gasteiger partial charge in [-0.05, 0) is 17.7 Å². The first-order chi connectivity index (χ1) is 11.4. The summed E-state index contributed by atoms with van der Waals surface area (Å²) in [6, 6.07) is 9.57. The van der Waals surface area contributed by atoms with Gasteiger partial charge in [0.05, 0.1) is 10.7 Å². The molecule has 0 radical (unpaired) electrons. The lowest BCUT2D eigenvalue weighted by Crippen LogP contribution is -2.44. The molecule has 0 aliphatic rings. The van der Waals surface area contributed by atoms with Crippen LogP contribution < -0.4 is 10.6 Å². The van der Waals surface area contributed by atoms with Crippen LogP contribution in [-0.2, 0) is 11.2 Å². The van der Waals surface area contributed by atoms with Crippen molar-refractivity contribution in [3.05, 3.63) is 58.1 Å². The Morgan fingerprint density at radius 2 is 1.79 bits per heavy atom. The van der Waals surface area contributed by atoms with Gasteiger partial charge in [-0.25, -0.2) is 9.59 Å². The van der Waals surface area contributed by atoms with Crippen LogP contribution in [0.1, 0.15) is 5.56 Å². The first-order valence-corrected chi connectivity index (χ1v) is 7.64. The summed E-state index contributed by atoms with van der Waals surface area (Å²) in [5.41, 5.74) is 0.743. The number of benzene rings is 2. The highest BCUT2D eigenvalue weighted by Gasteiger charge is 2.21. The van der Waals surface area contributed by atoms with Crippen molar-refractivity contribution in [1.29, 1.82) is 0 Å². The van der Waals surface area contributed by atoms with Gasteiger partial charge in [0, 0.05) is 11.4 Å². The molecule has 2 rings (SSSR count). The Kier molecular flexibility index (Phi) is 5.89. The molecule has 2 amide bonds. The third kappa shape index (κ3) is 4.78. The minimum absolute atomic E-state index is 0.0196. The normalized spacial score (nSPS) is 11.6. The second kappa shape index (κ2) is 7.90. The maximum Gasteiger partial charge on any atom is 0.326 e. The first-order valence-electron chi connectivity index (χ1n) is 6.89. The number of phenolic OH excluding ortho intramolecular Hbond substituents is 1. The zero-order chi connectivity index (χ0) is 17.7. The Bertz CT molecular complexity index is 753. The SMILES string of the molecule is O=C(Nc1cc(Cl)cc(Cl)c1O)NC(Cc1ccccc1)C(=O)O. The lowest BCUT2D eigenvalue weighted by Gasteiger charge is -2.16. The highest BCUT2D eigenvalue weighted by Crippen LogP contribution is 2.34. The maximum atomic E-state index is 12.0. The summed E-state index contributed by atoms with van der Waals surface area (Å²) in [5.74, 6) is -1.53. The van der Waals surface area contributed by atoms with Gasteiger partial charge in [0.1, 0.15) is 6.04 Å². The van der Waals surface area contributed by atoms with E-state index in [0.717, 1.165) is 5.56 Å². The van der Waals surface area contributed by atoms with E-state index in [1.807, 2.05) is 6.07 Å². The summed E-state index contributed by atoms with van der Waals surface area (Å²) in [5, 5.41) is 23.9. The number of aliphatic carboxylic acids is 1. The standard InChI is InChI=1S/C16H14Cl2N2O4/c17-10-7-11(18)14(21)12(8-10)19-16(24)20-13(15(22)23)6-9-4-2-1-3-5-9/h1-5,7-8,13,21H,6H2,(H,22,23)(H2,19,20,24). The summed E-state index contributed by atoms with van der Waals surface area (Å²) in [6.07, 6.45) is 0.117. The average Bonchev–Trinajstić information content (AvgIpc) is 2.52. The van der Waals surface area contributed by atoms with Gasteiger partial charge in [0.15, 0.2) is 5.75 Å². The number of aromatic hydroxyl groups is 1. The number of phenols is 1. The van der Waals surface area contributed by atoms with E-state index in [9.17, 15) is 19.8 Å². The fourth-order valence-electron chi connectivity index (χ4n) is 2.03. The van der Waals surface area contributed by atoms with Gasteiger partial charge in [0.2, 0.25) is 0 Å². The van der Waals surface area contributed by atoms with Crippen molar-refractivity contribution in [3.63, 3.8) is 0 Å². The molecule has 0 aliphatic carbocycles. The first kappa shape index (κ1) is 17.9. The van der Waals surface area contributed by atoms with Crippen LogP contribution in [0, 0.1) is 0 Å². The number of carbonyl (C=O) groups excluding carboxylic acids is 1.